The summed E-state index contributed by atoms with van der Waals surface area (Å²) in [6, 6.07) is 5.05. The lowest BCUT2D eigenvalue weighted by molar-refractivity contribution is -0.0328. The van der Waals surface area contributed by atoms with E-state index in [9.17, 15) is 34.8 Å². The second kappa shape index (κ2) is 8.08. The van der Waals surface area contributed by atoms with Gasteiger partial charge in [0.05, 0.1) is 16.8 Å². The molecule has 1 aromatic rings. The van der Waals surface area contributed by atoms with Crippen LogP contribution in [0, 0.1) is 0 Å². The Morgan fingerprint density at radius 3 is 2.14 bits per heavy atom. The van der Waals surface area contributed by atoms with Crippen LogP contribution in [0.5, 0.6) is 0 Å². The van der Waals surface area contributed by atoms with E-state index in [0.29, 0.717) is 0 Å². The topological polar surface area (TPSA) is 91.8 Å². The molecular weight excluding hydrogens is 453 g/mol. The van der Waals surface area contributed by atoms with Gasteiger partial charge in [-0.15, -0.1) is 0 Å². The van der Waals surface area contributed by atoms with Crippen molar-refractivity contribution in [3.8, 4) is 0 Å². The Hall–Kier alpha value is -1.31. The fourth-order valence-corrected chi connectivity index (χ4v) is 8.39. The van der Waals surface area contributed by atoms with Crippen LogP contribution in [0.25, 0.3) is 0 Å². The summed E-state index contributed by atoms with van der Waals surface area (Å²) < 4.78 is 86.8. The number of carbonyl (C=O) groups is 1. The maximum absolute atomic E-state index is 12.6. The quantitative estimate of drug-likeness (QED) is 0.618. The minimum Gasteiger partial charge on any atom is -0.336 e. The van der Waals surface area contributed by atoms with Crippen LogP contribution in [0.4, 0.5) is 13.2 Å². The Bertz CT molecular complexity index is 970. The standard InChI is InChI=1S/C16H19F3N2O5S3/c17-16(18,19)27-13-3-1-12(2-4-13)15(22)20-6-8-21(9-7-20)29(25,26)14-5-10-28(23,24)11-14/h1-4,14H,5-11H2. The van der Waals surface area contributed by atoms with E-state index in [1.54, 1.807) is 0 Å². The van der Waals surface area contributed by atoms with Crippen LogP contribution in [0.15, 0.2) is 29.2 Å². The van der Waals surface area contributed by atoms with E-state index >= 15 is 0 Å². The van der Waals surface area contributed by atoms with E-state index in [-0.39, 0.29) is 66.3 Å². The van der Waals surface area contributed by atoms with Crippen molar-refractivity contribution in [2.24, 2.45) is 0 Å². The number of amides is 1. The third-order valence-corrected chi connectivity index (χ3v) is 9.88. The zero-order valence-electron chi connectivity index (χ0n) is 15.1. The molecule has 0 saturated carbocycles. The highest BCUT2D eigenvalue weighted by Gasteiger charge is 2.41. The lowest BCUT2D eigenvalue weighted by atomic mass is 10.2. The van der Waals surface area contributed by atoms with E-state index < -0.39 is 36.5 Å². The highest BCUT2D eigenvalue weighted by atomic mass is 32.2. The summed E-state index contributed by atoms with van der Waals surface area (Å²) in [6.07, 6.45) is 0.0755. The summed E-state index contributed by atoms with van der Waals surface area (Å²) in [4.78, 5) is 13.9. The fraction of sp³-hybridized carbons (Fsp3) is 0.562. The molecule has 0 bridgehead atoms. The van der Waals surface area contributed by atoms with Crippen molar-refractivity contribution in [1.82, 2.24) is 9.21 Å². The highest BCUT2D eigenvalue weighted by molar-refractivity contribution is 8.00. The van der Waals surface area contributed by atoms with Crippen LogP contribution in [0.3, 0.4) is 0 Å². The van der Waals surface area contributed by atoms with Crippen LogP contribution >= 0.6 is 11.8 Å². The molecule has 3 rings (SSSR count). The molecule has 1 amide bonds. The highest BCUT2D eigenvalue weighted by Crippen LogP contribution is 2.36. The first-order valence-electron chi connectivity index (χ1n) is 8.72. The van der Waals surface area contributed by atoms with Crippen molar-refractivity contribution >= 4 is 37.5 Å². The minimum absolute atomic E-state index is 0.0310. The van der Waals surface area contributed by atoms with Crippen LogP contribution in [0.2, 0.25) is 0 Å². The van der Waals surface area contributed by atoms with Gasteiger partial charge in [-0.25, -0.2) is 16.8 Å². The molecule has 1 atom stereocenters. The molecule has 1 aromatic carbocycles. The maximum Gasteiger partial charge on any atom is 0.446 e. The van der Waals surface area contributed by atoms with Gasteiger partial charge in [-0.05, 0) is 42.4 Å². The molecule has 0 aromatic heterocycles. The predicted octanol–water partition coefficient (Wildman–Crippen LogP) is 1.57. The van der Waals surface area contributed by atoms with E-state index in [4.69, 9.17) is 0 Å². The lowest BCUT2D eigenvalue weighted by Gasteiger charge is -2.35. The Labute approximate surface area is 171 Å². The van der Waals surface area contributed by atoms with Crippen molar-refractivity contribution in [2.45, 2.75) is 22.1 Å². The molecule has 0 aliphatic carbocycles. The first kappa shape index (κ1) is 22.4. The zero-order chi connectivity index (χ0) is 21.4. The van der Waals surface area contributed by atoms with Gasteiger partial charge in [0.2, 0.25) is 10.0 Å². The lowest BCUT2D eigenvalue weighted by Crippen LogP contribution is -2.52. The molecule has 29 heavy (non-hydrogen) atoms. The molecule has 162 valence electrons. The van der Waals surface area contributed by atoms with Crippen molar-refractivity contribution in [1.29, 1.82) is 0 Å². The first-order chi connectivity index (χ1) is 13.4. The number of rotatable bonds is 4. The van der Waals surface area contributed by atoms with Gasteiger partial charge in [-0.3, -0.25) is 4.79 Å². The van der Waals surface area contributed by atoms with Gasteiger partial charge in [0.15, 0.2) is 9.84 Å². The molecule has 0 spiro atoms. The van der Waals surface area contributed by atoms with Gasteiger partial charge >= 0.3 is 5.51 Å². The molecule has 2 fully saturated rings. The summed E-state index contributed by atoms with van der Waals surface area (Å²) in [5.41, 5.74) is -4.19. The number of halogens is 3. The average molecular weight is 473 g/mol. The predicted molar refractivity (Wildman–Crippen MR) is 102 cm³/mol. The maximum atomic E-state index is 12.6. The SMILES string of the molecule is O=C(c1ccc(SC(F)(F)F)cc1)N1CCN(S(=O)(=O)C2CCS(=O)(=O)C2)CC1. The molecule has 2 aliphatic rings. The number of nitrogens with zero attached hydrogens (tertiary/aromatic N) is 2. The number of benzene rings is 1. The third kappa shape index (κ3) is 5.44. The zero-order valence-corrected chi connectivity index (χ0v) is 17.6. The van der Waals surface area contributed by atoms with E-state index in [0.717, 1.165) is 0 Å². The Balaban J connectivity index is 1.59. The Morgan fingerprint density at radius 2 is 1.66 bits per heavy atom. The van der Waals surface area contributed by atoms with Gasteiger partial charge in [-0.1, -0.05) is 0 Å². The Kier molecular flexibility index (Phi) is 6.23. The summed E-state index contributed by atoms with van der Waals surface area (Å²) in [6.45, 7) is 0.340. The summed E-state index contributed by atoms with van der Waals surface area (Å²) in [5.74, 6) is -0.914. The van der Waals surface area contributed by atoms with Gasteiger partial charge in [-0.2, -0.15) is 17.5 Å². The second-order valence-electron chi connectivity index (χ2n) is 6.83. The largest absolute Gasteiger partial charge is 0.446 e. The fourth-order valence-electron chi connectivity index (χ4n) is 3.33. The molecule has 2 aliphatic heterocycles. The summed E-state index contributed by atoms with van der Waals surface area (Å²) in [5, 5.41) is -0.951. The molecule has 2 heterocycles. The van der Waals surface area contributed by atoms with Crippen molar-refractivity contribution in [3.05, 3.63) is 29.8 Å². The number of piperazine rings is 1. The van der Waals surface area contributed by atoms with Crippen LogP contribution in [0.1, 0.15) is 16.8 Å². The van der Waals surface area contributed by atoms with Crippen molar-refractivity contribution < 1.29 is 34.8 Å². The molecule has 0 radical (unpaired) electrons. The van der Waals surface area contributed by atoms with E-state index in [1.807, 2.05) is 0 Å². The number of thioether (sulfide) groups is 1. The minimum atomic E-state index is -4.41. The van der Waals surface area contributed by atoms with Gasteiger partial charge in [0.25, 0.3) is 5.91 Å². The summed E-state index contributed by atoms with van der Waals surface area (Å²) in [7, 11) is -7.10. The smallest absolute Gasteiger partial charge is 0.336 e. The van der Waals surface area contributed by atoms with Gasteiger partial charge in [0, 0.05) is 36.6 Å². The number of hydrogen-bond acceptors (Lipinski definition) is 6. The number of carbonyl (C=O) groups excluding carboxylic acids is 1. The Morgan fingerprint density at radius 1 is 1.07 bits per heavy atom. The van der Waals surface area contributed by atoms with Gasteiger partial charge < -0.3 is 4.90 Å². The second-order valence-corrected chi connectivity index (χ2v) is 12.4. The molecule has 7 nitrogen and oxygen atoms in total. The molecule has 13 heteroatoms. The van der Waals surface area contributed by atoms with Gasteiger partial charge in [0.1, 0.15) is 0 Å². The van der Waals surface area contributed by atoms with E-state index in [2.05, 4.69) is 0 Å². The average Bonchev–Trinajstić information content (AvgIpc) is 3.01. The van der Waals surface area contributed by atoms with Crippen LogP contribution in [-0.2, 0) is 19.9 Å². The van der Waals surface area contributed by atoms with Crippen LogP contribution < -0.4 is 0 Å². The monoisotopic (exact) mass is 472 g/mol. The number of hydrogen-bond donors (Lipinski definition) is 0. The molecular formula is C16H19F3N2O5S3. The number of alkyl halides is 3. The first-order valence-corrected chi connectivity index (χ1v) is 12.9. The van der Waals surface area contributed by atoms with E-state index in [1.165, 1.54) is 33.5 Å². The van der Waals surface area contributed by atoms with Crippen molar-refractivity contribution in [3.63, 3.8) is 0 Å². The molecule has 0 N–H and O–H groups in total. The number of sulfonamides is 1. The number of sulfone groups is 1. The molecule has 1 unspecified atom stereocenters. The van der Waals surface area contributed by atoms with Crippen LogP contribution in [-0.4, -0.2) is 80.4 Å². The normalized spacial score (nSPS) is 23.3. The summed E-state index contributed by atoms with van der Waals surface area (Å²) >= 11 is -0.269. The molecule has 2 saturated heterocycles. The third-order valence-electron chi connectivity index (χ3n) is 4.83. The van der Waals surface area contributed by atoms with Crippen molar-refractivity contribution in [2.75, 3.05) is 37.7 Å².